The van der Waals surface area contributed by atoms with Crippen LogP contribution in [0, 0.1) is 0 Å². The van der Waals surface area contributed by atoms with Crippen LogP contribution in [0.15, 0.2) is 55.1 Å². The lowest BCUT2D eigenvalue weighted by Gasteiger charge is -2.15. The smallest absolute Gasteiger partial charge is 0.201 e. The van der Waals surface area contributed by atoms with Gasteiger partial charge in [0.05, 0.1) is 6.61 Å². The second-order valence-corrected chi connectivity index (χ2v) is 5.26. The van der Waals surface area contributed by atoms with Crippen molar-refractivity contribution < 1.29 is 14.9 Å². The summed E-state index contributed by atoms with van der Waals surface area (Å²) in [7, 11) is 0. The van der Waals surface area contributed by atoms with Gasteiger partial charge in [0.1, 0.15) is 5.75 Å². The summed E-state index contributed by atoms with van der Waals surface area (Å²) in [5.74, 6) is 0.772. The zero-order valence-corrected chi connectivity index (χ0v) is 11.7. The lowest BCUT2D eigenvalue weighted by Crippen LogP contribution is -2.09. The fourth-order valence-corrected chi connectivity index (χ4v) is 2.77. The zero-order chi connectivity index (χ0) is 14.8. The molecular weight excluding hydrogens is 264 g/mol. The number of allylic oxidation sites excluding steroid dienone is 1. The lowest BCUT2D eigenvalue weighted by molar-refractivity contribution is 0.00212. The topological polar surface area (TPSA) is 49.7 Å². The van der Waals surface area contributed by atoms with E-state index in [2.05, 4.69) is 6.58 Å². The predicted molar refractivity (Wildman–Crippen MR) is 81.2 cm³/mol. The van der Waals surface area contributed by atoms with E-state index in [9.17, 15) is 10.2 Å². The summed E-state index contributed by atoms with van der Waals surface area (Å²) in [6.07, 6.45) is 1.67. The monoisotopic (exact) mass is 282 g/mol. The van der Waals surface area contributed by atoms with Gasteiger partial charge in [-0.3, -0.25) is 0 Å². The molecule has 2 aromatic rings. The van der Waals surface area contributed by atoms with Gasteiger partial charge in [-0.2, -0.15) is 0 Å². The molecular formula is C18H18O3. The summed E-state index contributed by atoms with van der Waals surface area (Å²) in [4.78, 5) is 0. The highest BCUT2D eigenvalue weighted by Gasteiger charge is 2.22. The maximum atomic E-state index is 9.55. The molecule has 0 bridgehead atoms. The first-order chi connectivity index (χ1) is 10.2. The molecule has 1 aliphatic rings. The summed E-state index contributed by atoms with van der Waals surface area (Å²) >= 11 is 0. The fourth-order valence-electron chi connectivity index (χ4n) is 2.77. The van der Waals surface area contributed by atoms with Crippen LogP contribution in [0.1, 0.15) is 28.2 Å². The Bertz CT molecular complexity index is 663. The van der Waals surface area contributed by atoms with Crippen molar-refractivity contribution in [3.05, 3.63) is 77.4 Å². The maximum Gasteiger partial charge on any atom is 0.201 e. The van der Waals surface area contributed by atoms with Gasteiger partial charge in [-0.1, -0.05) is 42.5 Å². The van der Waals surface area contributed by atoms with Gasteiger partial charge in [0.2, 0.25) is 6.29 Å². The summed E-state index contributed by atoms with van der Waals surface area (Å²) in [6, 6.07) is 13.8. The number of hydrogen-bond acceptors (Lipinski definition) is 3. The molecule has 2 N–H and O–H groups in total. The molecule has 0 saturated carbocycles. The van der Waals surface area contributed by atoms with Gasteiger partial charge in [-0.05, 0) is 22.8 Å². The Hall–Kier alpha value is -2.10. The van der Waals surface area contributed by atoms with E-state index in [4.69, 9.17) is 4.74 Å². The van der Waals surface area contributed by atoms with Gasteiger partial charge in [0, 0.05) is 17.9 Å². The molecule has 0 aliphatic carbocycles. The van der Waals surface area contributed by atoms with Gasteiger partial charge in [0.25, 0.3) is 0 Å². The zero-order valence-electron chi connectivity index (χ0n) is 11.7. The largest absolute Gasteiger partial charge is 0.464 e. The third-order valence-corrected chi connectivity index (χ3v) is 3.84. The third kappa shape index (κ3) is 2.71. The Morgan fingerprint density at radius 1 is 1.24 bits per heavy atom. The summed E-state index contributed by atoms with van der Waals surface area (Å²) in [5.41, 5.74) is 4.05. The Kier molecular flexibility index (Phi) is 3.78. The van der Waals surface area contributed by atoms with E-state index in [1.165, 1.54) is 0 Å². The molecule has 108 valence electrons. The molecule has 3 nitrogen and oxygen atoms in total. The summed E-state index contributed by atoms with van der Waals surface area (Å²) in [6.45, 7) is 3.95. The first-order valence-corrected chi connectivity index (χ1v) is 7.01. The van der Waals surface area contributed by atoms with Crippen molar-refractivity contribution in [1.82, 2.24) is 0 Å². The molecule has 2 unspecified atom stereocenters. The van der Waals surface area contributed by atoms with Gasteiger partial charge in [-0.15, -0.1) is 6.58 Å². The predicted octanol–water partition coefficient (Wildman–Crippen LogP) is 2.75. The first kappa shape index (κ1) is 13.9. The molecule has 0 saturated heterocycles. The van der Waals surface area contributed by atoms with E-state index >= 15 is 0 Å². The maximum absolute atomic E-state index is 9.55. The average Bonchev–Trinajstić information content (AvgIpc) is 2.87. The summed E-state index contributed by atoms with van der Waals surface area (Å²) < 4.78 is 5.40. The quantitative estimate of drug-likeness (QED) is 0.848. The Morgan fingerprint density at radius 2 is 2.05 bits per heavy atom. The third-order valence-electron chi connectivity index (χ3n) is 3.84. The number of aliphatic hydroxyl groups is 2. The van der Waals surface area contributed by atoms with Crippen LogP contribution in [-0.4, -0.2) is 16.5 Å². The molecule has 3 heteroatoms. The van der Waals surface area contributed by atoms with Crippen molar-refractivity contribution in [1.29, 1.82) is 0 Å². The van der Waals surface area contributed by atoms with Crippen molar-refractivity contribution in [2.45, 2.75) is 25.2 Å². The molecule has 2 aromatic carbocycles. The first-order valence-electron chi connectivity index (χ1n) is 7.01. The Labute approximate surface area is 124 Å². The molecule has 2 atom stereocenters. The minimum absolute atomic E-state index is 0.0250. The van der Waals surface area contributed by atoms with Crippen molar-refractivity contribution in [2.75, 3.05) is 0 Å². The highest BCUT2D eigenvalue weighted by atomic mass is 16.6. The SMILES string of the molecule is C=CC(c1cccc(CO)c1)c1ccc2c(c1)OC(O)C2. The van der Waals surface area contributed by atoms with Crippen molar-refractivity contribution in [3.8, 4) is 5.75 Å². The van der Waals surface area contributed by atoms with E-state index in [0.717, 1.165) is 28.0 Å². The fraction of sp³-hybridized carbons (Fsp3) is 0.222. The van der Waals surface area contributed by atoms with Crippen LogP contribution in [0.25, 0.3) is 0 Å². The van der Waals surface area contributed by atoms with E-state index in [0.29, 0.717) is 6.42 Å². The molecule has 1 heterocycles. The number of ether oxygens (including phenoxy) is 1. The normalized spacial score (nSPS) is 17.9. The van der Waals surface area contributed by atoms with Crippen LogP contribution in [-0.2, 0) is 13.0 Å². The van der Waals surface area contributed by atoms with E-state index in [1.807, 2.05) is 48.5 Å². The summed E-state index contributed by atoms with van der Waals surface area (Å²) in [5, 5.41) is 18.8. The minimum Gasteiger partial charge on any atom is -0.464 e. The highest BCUT2D eigenvalue weighted by molar-refractivity contribution is 5.46. The van der Waals surface area contributed by atoms with E-state index in [1.54, 1.807) is 0 Å². The van der Waals surface area contributed by atoms with Gasteiger partial charge < -0.3 is 14.9 Å². The van der Waals surface area contributed by atoms with Gasteiger partial charge in [-0.25, -0.2) is 0 Å². The number of benzene rings is 2. The van der Waals surface area contributed by atoms with Crippen LogP contribution in [0.3, 0.4) is 0 Å². The standard InChI is InChI=1S/C18H18O3/c1-2-16(13-5-3-4-12(8-13)11-19)14-6-7-15-10-18(20)21-17(15)9-14/h2-9,16,18-20H,1,10-11H2. The Morgan fingerprint density at radius 3 is 2.81 bits per heavy atom. The molecule has 21 heavy (non-hydrogen) atoms. The van der Waals surface area contributed by atoms with Crippen LogP contribution in [0.4, 0.5) is 0 Å². The molecule has 1 aliphatic heterocycles. The second-order valence-electron chi connectivity index (χ2n) is 5.26. The van der Waals surface area contributed by atoms with E-state index < -0.39 is 6.29 Å². The van der Waals surface area contributed by atoms with Gasteiger partial charge in [0.15, 0.2) is 0 Å². The van der Waals surface area contributed by atoms with Crippen LogP contribution >= 0.6 is 0 Å². The Balaban J connectivity index is 1.97. The molecule has 0 aromatic heterocycles. The average molecular weight is 282 g/mol. The molecule has 0 fully saturated rings. The number of fused-ring (bicyclic) bond motifs is 1. The van der Waals surface area contributed by atoms with Crippen LogP contribution in [0.5, 0.6) is 5.75 Å². The van der Waals surface area contributed by atoms with Crippen molar-refractivity contribution in [3.63, 3.8) is 0 Å². The van der Waals surface area contributed by atoms with Gasteiger partial charge >= 0.3 is 0 Å². The number of aliphatic hydroxyl groups excluding tert-OH is 2. The minimum atomic E-state index is -0.741. The number of rotatable bonds is 4. The van der Waals surface area contributed by atoms with Crippen molar-refractivity contribution >= 4 is 0 Å². The van der Waals surface area contributed by atoms with Crippen LogP contribution in [0.2, 0.25) is 0 Å². The highest BCUT2D eigenvalue weighted by Crippen LogP contribution is 2.34. The molecule has 0 amide bonds. The second kappa shape index (κ2) is 5.72. The van der Waals surface area contributed by atoms with E-state index in [-0.39, 0.29) is 12.5 Å². The van der Waals surface area contributed by atoms with Crippen molar-refractivity contribution in [2.24, 2.45) is 0 Å². The molecule has 0 radical (unpaired) electrons. The molecule has 0 spiro atoms. The lowest BCUT2D eigenvalue weighted by atomic mass is 9.89. The molecule has 3 rings (SSSR count). The number of hydrogen-bond donors (Lipinski definition) is 2. The van der Waals surface area contributed by atoms with Crippen LogP contribution < -0.4 is 4.74 Å².